The highest BCUT2D eigenvalue weighted by Gasteiger charge is 2.36. The van der Waals surface area contributed by atoms with Gasteiger partial charge < -0.3 is 14.7 Å². The third-order valence-corrected chi connectivity index (χ3v) is 4.28. The number of carbonyl (C=O) groups excluding carboxylic acids is 1. The predicted molar refractivity (Wildman–Crippen MR) is 102 cm³/mol. The number of benzene rings is 2. The summed E-state index contributed by atoms with van der Waals surface area (Å²) in [7, 11) is 1.75. The number of rotatable bonds is 5. The lowest BCUT2D eigenvalue weighted by Gasteiger charge is -2.16. The number of para-hydroxylation sites is 1. The summed E-state index contributed by atoms with van der Waals surface area (Å²) in [6.07, 6.45) is 1.73. The molecule has 0 unspecified atom stereocenters. The third-order valence-electron chi connectivity index (χ3n) is 3.82. The molecule has 2 aromatic carbocycles. The molecule has 1 amide bonds. The van der Waals surface area contributed by atoms with Crippen molar-refractivity contribution in [3.63, 3.8) is 0 Å². The van der Waals surface area contributed by atoms with E-state index in [-0.39, 0.29) is 5.91 Å². The van der Waals surface area contributed by atoms with Crippen molar-refractivity contribution in [1.82, 2.24) is 4.90 Å². The van der Waals surface area contributed by atoms with Crippen LogP contribution in [0.15, 0.2) is 60.3 Å². The zero-order valence-electron chi connectivity index (χ0n) is 14.0. The van der Waals surface area contributed by atoms with E-state index >= 15 is 0 Å². The van der Waals surface area contributed by atoms with Gasteiger partial charge in [-0.2, -0.15) is 0 Å². The van der Waals surface area contributed by atoms with Gasteiger partial charge in [-0.15, -0.1) is 0 Å². The van der Waals surface area contributed by atoms with Crippen molar-refractivity contribution in [2.24, 2.45) is 0 Å². The van der Waals surface area contributed by atoms with Crippen LogP contribution < -0.4 is 9.64 Å². The second-order valence-corrected chi connectivity index (χ2v) is 5.96. The van der Waals surface area contributed by atoms with Crippen LogP contribution in [0.5, 0.6) is 5.75 Å². The maximum Gasteiger partial charge on any atom is 0.341 e. The van der Waals surface area contributed by atoms with Crippen molar-refractivity contribution in [2.45, 2.75) is 0 Å². The molecule has 0 saturated carbocycles. The van der Waals surface area contributed by atoms with Crippen LogP contribution in [0.25, 0.3) is 6.08 Å². The molecule has 132 valence electrons. The molecule has 0 bridgehead atoms. The summed E-state index contributed by atoms with van der Waals surface area (Å²) in [4.78, 5) is 26.5. The molecule has 26 heavy (non-hydrogen) atoms. The normalized spacial score (nSPS) is 15.7. The predicted octanol–water partition coefficient (Wildman–Crippen LogP) is 2.75. The maximum absolute atomic E-state index is 12.8. The molecular weight excluding hydrogens is 352 g/mol. The van der Waals surface area contributed by atoms with Gasteiger partial charge in [0.05, 0.1) is 5.69 Å². The van der Waals surface area contributed by atoms with E-state index in [2.05, 4.69) is 0 Å². The molecule has 1 heterocycles. The van der Waals surface area contributed by atoms with Gasteiger partial charge in [0, 0.05) is 7.05 Å². The minimum Gasteiger partial charge on any atom is -0.482 e. The molecule has 1 aliphatic heterocycles. The molecule has 3 rings (SSSR count). The van der Waals surface area contributed by atoms with Gasteiger partial charge in [-0.05, 0) is 48.1 Å². The van der Waals surface area contributed by atoms with Gasteiger partial charge in [0.2, 0.25) is 0 Å². The molecule has 1 saturated heterocycles. The molecule has 6 nitrogen and oxygen atoms in total. The SMILES string of the molecule is CN1C(=S)N(c2ccccc2)C(=O)C1=Cc1ccc(OCC(=O)O)cc1. The van der Waals surface area contributed by atoms with Crippen LogP contribution >= 0.6 is 12.2 Å². The molecule has 1 aliphatic rings. The number of hydrogen-bond acceptors (Lipinski definition) is 4. The van der Waals surface area contributed by atoms with Crippen LogP contribution in [0.2, 0.25) is 0 Å². The Morgan fingerprint density at radius 3 is 2.42 bits per heavy atom. The van der Waals surface area contributed by atoms with E-state index in [1.807, 2.05) is 30.3 Å². The third kappa shape index (κ3) is 3.57. The fourth-order valence-electron chi connectivity index (χ4n) is 2.52. The average molecular weight is 368 g/mol. The van der Waals surface area contributed by atoms with Crippen LogP contribution in [0.4, 0.5) is 5.69 Å². The standard InChI is InChI=1S/C19H16N2O4S/c1-20-16(11-13-7-9-15(10-8-13)25-12-17(22)23)18(24)21(19(20)26)14-5-3-2-4-6-14/h2-11H,12H2,1H3,(H,22,23). The molecule has 0 aromatic heterocycles. The molecule has 7 heteroatoms. The summed E-state index contributed by atoms with van der Waals surface area (Å²) in [5, 5.41) is 9.04. The highest BCUT2D eigenvalue weighted by atomic mass is 32.1. The fourth-order valence-corrected chi connectivity index (χ4v) is 2.81. The molecular formula is C19H16N2O4S. The van der Waals surface area contributed by atoms with Crippen LogP contribution in [0.1, 0.15) is 5.56 Å². The van der Waals surface area contributed by atoms with Crippen LogP contribution in [0, 0.1) is 0 Å². The minimum atomic E-state index is -1.04. The quantitative estimate of drug-likeness (QED) is 0.646. The highest BCUT2D eigenvalue weighted by molar-refractivity contribution is 7.80. The smallest absolute Gasteiger partial charge is 0.341 e. The van der Waals surface area contributed by atoms with E-state index in [1.165, 1.54) is 4.90 Å². The van der Waals surface area contributed by atoms with Gasteiger partial charge >= 0.3 is 5.97 Å². The molecule has 1 N–H and O–H groups in total. The van der Waals surface area contributed by atoms with Crippen molar-refractivity contribution in [3.05, 3.63) is 65.9 Å². The van der Waals surface area contributed by atoms with Crippen molar-refractivity contribution in [3.8, 4) is 5.75 Å². The van der Waals surface area contributed by atoms with E-state index in [1.54, 1.807) is 42.3 Å². The maximum atomic E-state index is 12.8. The van der Waals surface area contributed by atoms with Crippen molar-refractivity contribution >= 4 is 41.0 Å². The Balaban J connectivity index is 1.83. The van der Waals surface area contributed by atoms with E-state index in [0.29, 0.717) is 16.6 Å². The van der Waals surface area contributed by atoms with Crippen molar-refractivity contribution < 1.29 is 19.4 Å². The Morgan fingerprint density at radius 2 is 1.81 bits per heavy atom. The Morgan fingerprint density at radius 1 is 1.15 bits per heavy atom. The molecule has 0 aliphatic carbocycles. The first-order valence-corrected chi connectivity index (χ1v) is 8.22. The number of ether oxygens (including phenoxy) is 1. The summed E-state index contributed by atoms with van der Waals surface area (Å²) in [6.45, 7) is -0.401. The Kier molecular flexibility index (Phi) is 4.99. The zero-order valence-corrected chi connectivity index (χ0v) is 14.8. The Bertz CT molecular complexity index is 878. The first-order valence-electron chi connectivity index (χ1n) is 7.81. The number of amides is 1. The summed E-state index contributed by atoms with van der Waals surface area (Å²) >= 11 is 5.41. The lowest BCUT2D eigenvalue weighted by molar-refractivity contribution is -0.139. The average Bonchev–Trinajstić information content (AvgIpc) is 2.85. The van der Waals surface area contributed by atoms with E-state index in [4.69, 9.17) is 22.1 Å². The number of likely N-dealkylation sites (N-methyl/N-ethyl adjacent to an activating group) is 1. The van der Waals surface area contributed by atoms with Crippen LogP contribution in [0.3, 0.4) is 0 Å². The number of carboxylic acids is 1. The number of nitrogens with zero attached hydrogens (tertiary/aromatic N) is 2. The first-order chi connectivity index (χ1) is 12.5. The first kappa shape index (κ1) is 17.6. The number of anilines is 1. The summed E-state index contributed by atoms with van der Waals surface area (Å²) in [5.74, 6) is -0.791. The second kappa shape index (κ2) is 7.37. The molecule has 2 aromatic rings. The van der Waals surface area contributed by atoms with Crippen molar-refractivity contribution in [2.75, 3.05) is 18.6 Å². The van der Waals surface area contributed by atoms with Gasteiger partial charge in [-0.1, -0.05) is 30.3 Å². The summed E-state index contributed by atoms with van der Waals surface area (Å²) < 4.78 is 5.10. The molecule has 1 fully saturated rings. The topological polar surface area (TPSA) is 70.1 Å². The number of carbonyl (C=O) groups is 2. The Hall–Kier alpha value is -3.19. The summed E-state index contributed by atoms with van der Waals surface area (Å²) in [5.41, 5.74) is 1.95. The highest BCUT2D eigenvalue weighted by Crippen LogP contribution is 2.28. The number of aliphatic carboxylic acids is 1. The largest absolute Gasteiger partial charge is 0.482 e. The molecule has 0 radical (unpaired) electrons. The van der Waals surface area contributed by atoms with E-state index in [9.17, 15) is 9.59 Å². The lowest BCUT2D eigenvalue weighted by atomic mass is 10.1. The monoisotopic (exact) mass is 368 g/mol. The van der Waals surface area contributed by atoms with E-state index < -0.39 is 12.6 Å². The van der Waals surface area contributed by atoms with Crippen LogP contribution in [-0.4, -0.2) is 40.6 Å². The summed E-state index contributed by atoms with van der Waals surface area (Å²) in [6, 6.07) is 16.0. The zero-order chi connectivity index (χ0) is 18.7. The fraction of sp³-hybridized carbons (Fsp3) is 0.105. The van der Waals surface area contributed by atoms with Gasteiger partial charge in [0.25, 0.3) is 5.91 Å². The second-order valence-electron chi connectivity index (χ2n) is 5.60. The van der Waals surface area contributed by atoms with Gasteiger partial charge in [-0.3, -0.25) is 9.69 Å². The molecule has 0 atom stereocenters. The number of hydrogen-bond donors (Lipinski definition) is 1. The van der Waals surface area contributed by atoms with E-state index in [0.717, 1.165) is 11.3 Å². The number of thiocarbonyl (C=S) groups is 1. The van der Waals surface area contributed by atoms with Gasteiger partial charge in [-0.25, -0.2) is 4.79 Å². The van der Waals surface area contributed by atoms with Gasteiger partial charge in [0.1, 0.15) is 11.4 Å². The molecule has 0 spiro atoms. The van der Waals surface area contributed by atoms with Crippen LogP contribution in [-0.2, 0) is 9.59 Å². The minimum absolute atomic E-state index is 0.199. The number of carboxylic acid groups (broad SMARTS) is 1. The van der Waals surface area contributed by atoms with Gasteiger partial charge in [0.15, 0.2) is 11.7 Å². The lowest BCUT2D eigenvalue weighted by Crippen LogP contribution is -2.30. The Labute approximate surface area is 155 Å². The van der Waals surface area contributed by atoms with Crippen molar-refractivity contribution in [1.29, 1.82) is 0 Å².